The molecule has 0 spiro atoms. The predicted octanol–water partition coefficient (Wildman–Crippen LogP) is 2.17. The van der Waals surface area contributed by atoms with E-state index >= 15 is 0 Å². The van der Waals surface area contributed by atoms with Gasteiger partial charge in [-0.25, -0.2) is 0 Å². The lowest BCUT2D eigenvalue weighted by molar-refractivity contribution is -0.384. The predicted molar refractivity (Wildman–Crippen MR) is 72.3 cm³/mol. The first kappa shape index (κ1) is 13.3. The van der Waals surface area contributed by atoms with E-state index in [0.29, 0.717) is 17.2 Å². The molecule has 6 nitrogen and oxygen atoms in total. The van der Waals surface area contributed by atoms with E-state index in [9.17, 15) is 14.9 Å². The number of nitro groups is 1. The van der Waals surface area contributed by atoms with Crippen LogP contribution in [0.4, 0.5) is 11.4 Å². The molecule has 2 rings (SSSR count). The van der Waals surface area contributed by atoms with Crippen molar-refractivity contribution in [2.75, 3.05) is 18.9 Å². The van der Waals surface area contributed by atoms with Gasteiger partial charge in [-0.15, -0.1) is 0 Å². The zero-order chi connectivity index (χ0) is 13.8. The van der Waals surface area contributed by atoms with Crippen LogP contribution in [-0.4, -0.2) is 24.4 Å². The van der Waals surface area contributed by atoms with Gasteiger partial charge in [-0.2, -0.15) is 0 Å². The van der Waals surface area contributed by atoms with Crippen LogP contribution in [0, 0.1) is 16.0 Å². The number of rotatable bonds is 5. The van der Waals surface area contributed by atoms with Crippen LogP contribution in [0.2, 0.25) is 0 Å². The van der Waals surface area contributed by atoms with Gasteiger partial charge >= 0.3 is 0 Å². The lowest BCUT2D eigenvalue weighted by atomic mass is 9.85. The molecule has 0 aromatic heterocycles. The fourth-order valence-corrected chi connectivity index (χ4v) is 2.07. The number of benzene rings is 1. The minimum Gasteiger partial charge on any atom is -0.379 e. The van der Waals surface area contributed by atoms with Crippen LogP contribution in [0.15, 0.2) is 18.2 Å². The van der Waals surface area contributed by atoms with Crippen molar-refractivity contribution in [3.05, 3.63) is 33.9 Å². The molecule has 1 aromatic carbocycles. The smallest absolute Gasteiger partial charge is 0.293 e. The third-order valence-electron chi connectivity index (χ3n) is 3.49. The molecule has 1 saturated carbocycles. The lowest BCUT2D eigenvalue weighted by Gasteiger charge is -2.25. The van der Waals surface area contributed by atoms with Crippen LogP contribution in [0.25, 0.3) is 0 Å². The zero-order valence-electron chi connectivity index (χ0n) is 10.8. The van der Waals surface area contributed by atoms with Gasteiger partial charge in [0, 0.05) is 25.2 Å². The first-order valence-electron chi connectivity index (χ1n) is 6.36. The third kappa shape index (κ3) is 3.01. The highest BCUT2D eigenvalue weighted by molar-refractivity contribution is 5.95. The van der Waals surface area contributed by atoms with E-state index < -0.39 is 4.92 Å². The molecule has 1 aliphatic rings. The summed E-state index contributed by atoms with van der Waals surface area (Å²) in [4.78, 5) is 22.1. The highest BCUT2D eigenvalue weighted by atomic mass is 16.6. The molecule has 1 fully saturated rings. The van der Waals surface area contributed by atoms with Gasteiger partial charge in [-0.05, 0) is 30.9 Å². The molecule has 0 atom stereocenters. The summed E-state index contributed by atoms with van der Waals surface area (Å²) in [6.45, 7) is 0.750. The summed E-state index contributed by atoms with van der Waals surface area (Å²) in [5.41, 5.74) is 0.716. The summed E-state index contributed by atoms with van der Waals surface area (Å²) < 4.78 is 0. The molecule has 0 bridgehead atoms. The number of nitrogens with one attached hydrogen (secondary N) is 2. The van der Waals surface area contributed by atoms with Crippen LogP contribution >= 0.6 is 0 Å². The molecule has 2 N–H and O–H groups in total. The average molecular weight is 263 g/mol. The molecule has 102 valence electrons. The number of amides is 1. The molecule has 0 heterocycles. The normalized spacial score (nSPS) is 14.6. The molecular formula is C13H17N3O3. The van der Waals surface area contributed by atoms with Crippen LogP contribution < -0.4 is 10.6 Å². The van der Waals surface area contributed by atoms with E-state index in [2.05, 4.69) is 10.6 Å². The molecule has 6 heteroatoms. The number of nitro benzene ring substituents is 1. The lowest BCUT2D eigenvalue weighted by Crippen LogP contribution is -2.21. The van der Waals surface area contributed by atoms with E-state index in [0.717, 1.165) is 6.54 Å². The molecule has 1 aliphatic carbocycles. The van der Waals surface area contributed by atoms with Crippen LogP contribution in [-0.2, 0) is 0 Å². The van der Waals surface area contributed by atoms with Crippen molar-refractivity contribution in [3.8, 4) is 0 Å². The van der Waals surface area contributed by atoms with Crippen LogP contribution in [0.3, 0.4) is 0 Å². The maximum Gasteiger partial charge on any atom is 0.293 e. The Morgan fingerprint density at radius 3 is 2.74 bits per heavy atom. The molecule has 0 saturated heterocycles. The summed E-state index contributed by atoms with van der Waals surface area (Å²) in [7, 11) is 1.50. The number of anilines is 1. The SMILES string of the molecule is CNC(=O)c1ccc(NCC2CCC2)c([N+](=O)[O-])c1. The quantitative estimate of drug-likeness (QED) is 0.629. The fourth-order valence-electron chi connectivity index (χ4n) is 2.07. The van der Waals surface area contributed by atoms with Crippen molar-refractivity contribution in [3.63, 3.8) is 0 Å². The molecular weight excluding hydrogens is 246 g/mol. The molecule has 1 aromatic rings. The van der Waals surface area contributed by atoms with Crippen molar-refractivity contribution >= 4 is 17.3 Å². The standard InChI is InChI=1S/C13H17N3O3/c1-14-13(17)10-5-6-11(12(7-10)16(18)19)15-8-9-3-2-4-9/h5-7,9,15H,2-4,8H2,1H3,(H,14,17). The second-order valence-corrected chi connectivity index (χ2v) is 4.75. The molecule has 0 aliphatic heterocycles. The van der Waals surface area contributed by atoms with Crippen molar-refractivity contribution in [2.24, 2.45) is 5.92 Å². The number of carbonyl (C=O) groups excluding carboxylic acids is 1. The summed E-state index contributed by atoms with van der Waals surface area (Å²) in [6, 6.07) is 4.50. The minimum atomic E-state index is -0.463. The molecule has 0 radical (unpaired) electrons. The Labute approximate surface area is 111 Å². The zero-order valence-corrected chi connectivity index (χ0v) is 10.8. The number of hydrogen-bond acceptors (Lipinski definition) is 4. The van der Waals surface area contributed by atoms with Crippen molar-refractivity contribution in [1.29, 1.82) is 0 Å². The molecule has 0 unspecified atom stereocenters. The van der Waals surface area contributed by atoms with E-state index in [-0.39, 0.29) is 11.6 Å². The third-order valence-corrected chi connectivity index (χ3v) is 3.49. The summed E-state index contributed by atoms with van der Waals surface area (Å²) in [6.07, 6.45) is 3.60. The Morgan fingerprint density at radius 1 is 1.47 bits per heavy atom. The Balaban J connectivity index is 2.16. The summed E-state index contributed by atoms with van der Waals surface area (Å²) in [5.74, 6) is 0.284. The van der Waals surface area contributed by atoms with Crippen molar-refractivity contribution in [1.82, 2.24) is 5.32 Å². The first-order valence-corrected chi connectivity index (χ1v) is 6.36. The van der Waals surface area contributed by atoms with Crippen LogP contribution in [0.5, 0.6) is 0 Å². The van der Waals surface area contributed by atoms with Gasteiger partial charge in [0.25, 0.3) is 11.6 Å². The van der Waals surface area contributed by atoms with Gasteiger partial charge in [0.15, 0.2) is 0 Å². The second kappa shape index (κ2) is 5.69. The highest BCUT2D eigenvalue weighted by Gasteiger charge is 2.20. The van der Waals surface area contributed by atoms with Gasteiger partial charge in [-0.3, -0.25) is 14.9 Å². The number of nitrogens with zero attached hydrogens (tertiary/aromatic N) is 1. The summed E-state index contributed by atoms with van der Waals surface area (Å²) in [5, 5.41) is 16.6. The topological polar surface area (TPSA) is 84.3 Å². The minimum absolute atomic E-state index is 0.0552. The van der Waals surface area contributed by atoms with Gasteiger partial charge < -0.3 is 10.6 Å². The van der Waals surface area contributed by atoms with Gasteiger partial charge in [0.2, 0.25) is 0 Å². The van der Waals surface area contributed by atoms with Crippen molar-refractivity contribution in [2.45, 2.75) is 19.3 Å². The van der Waals surface area contributed by atoms with E-state index in [4.69, 9.17) is 0 Å². The number of hydrogen-bond donors (Lipinski definition) is 2. The van der Waals surface area contributed by atoms with Crippen molar-refractivity contribution < 1.29 is 9.72 Å². The monoisotopic (exact) mass is 263 g/mol. The maximum absolute atomic E-state index is 11.5. The fraction of sp³-hybridized carbons (Fsp3) is 0.462. The molecule has 1 amide bonds. The second-order valence-electron chi connectivity index (χ2n) is 4.75. The largest absolute Gasteiger partial charge is 0.379 e. The Hall–Kier alpha value is -2.11. The Kier molecular flexibility index (Phi) is 3.99. The van der Waals surface area contributed by atoms with Crippen LogP contribution in [0.1, 0.15) is 29.6 Å². The van der Waals surface area contributed by atoms with E-state index in [1.165, 1.54) is 32.4 Å². The van der Waals surface area contributed by atoms with Gasteiger partial charge in [0.05, 0.1) is 4.92 Å². The highest BCUT2D eigenvalue weighted by Crippen LogP contribution is 2.29. The Morgan fingerprint density at radius 2 is 2.21 bits per heavy atom. The van der Waals surface area contributed by atoms with Gasteiger partial charge in [-0.1, -0.05) is 6.42 Å². The maximum atomic E-state index is 11.5. The number of carbonyl (C=O) groups is 1. The van der Waals surface area contributed by atoms with Gasteiger partial charge in [0.1, 0.15) is 5.69 Å². The first-order chi connectivity index (χ1) is 9.11. The summed E-state index contributed by atoms with van der Waals surface area (Å²) >= 11 is 0. The average Bonchev–Trinajstić information content (AvgIpc) is 2.36. The van der Waals surface area contributed by atoms with E-state index in [1.807, 2.05) is 0 Å². The molecule has 19 heavy (non-hydrogen) atoms. The Bertz CT molecular complexity index is 498. The van der Waals surface area contributed by atoms with E-state index in [1.54, 1.807) is 12.1 Å².